The number of aromatic nitrogens is 1. The number of rotatable bonds is 2. The van der Waals surface area contributed by atoms with Crippen molar-refractivity contribution in [1.29, 1.82) is 0 Å². The molecule has 1 spiro atoms. The maximum absolute atomic E-state index is 12.0. The molecule has 0 unspecified atom stereocenters. The van der Waals surface area contributed by atoms with Gasteiger partial charge in [0.05, 0.1) is 19.8 Å². The molecule has 2 aliphatic rings. The molecule has 102 valence electrons. The Balaban J connectivity index is 1.51. The van der Waals surface area contributed by atoms with Gasteiger partial charge in [-0.05, 0) is 17.7 Å². The summed E-state index contributed by atoms with van der Waals surface area (Å²) in [6, 6.07) is 3.69. The summed E-state index contributed by atoms with van der Waals surface area (Å²) in [5.41, 5.74) is 1.03. The summed E-state index contributed by atoms with van der Waals surface area (Å²) in [5.74, 6) is -0.548. The summed E-state index contributed by atoms with van der Waals surface area (Å²) in [6.45, 7) is 2.92. The van der Waals surface area contributed by atoms with Crippen molar-refractivity contribution in [3.8, 4) is 0 Å². The fourth-order valence-electron chi connectivity index (χ4n) is 2.45. The van der Waals surface area contributed by atoms with Crippen molar-refractivity contribution < 1.29 is 14.3 Å². The van der Waals surface area contributed by atoms with Crippen LogP contribution in [0, 0.1) is 0 Å². The van der Waals surface area contributed by atoms with E-state index in [4.69, 9.17) is 9.47 Å². The number of nitrogens with one attached hydrogen (secondary N) is 1. The highest BCUT2D eigenvalue weighted by atomic mass is 16.7. The number of likely N-dealkylation sites (tertiary alicyclic amines) is 1. The molecule has 0 saturated carbocycles. The number of pyridine rings is 1. The van der Waals surface area contributed by atoms with Gasteiger partial charge in [-0.2, -0.15) is 0 Å². The van der Waals surface area contributed by atoms with Crippen LogP contribution in [0.5, 0.6) is 0 Å². The highest BCUT2D eigenvalue weighted by Gasteiger charge is 2.44. The summed E-state index contributed by atoms with van der Waals surface area (Å²) < 4.78 is 11.2. The molecular formula is C13H17N3O3. The number of amides is 2. The zero-order valence-corrected chi connectivity index (χ0v) is 10.7. The Morgan fingerprint density at radius 2 is 2.11 bits per heavy atom. The van der Waals surface area contributed by atoms with Crippen molar-refractivity contribution >= 4 is 6.03 Å². The topological polar surface area (TPSA) is 63.7 Å². The van der Waals surface area contributed by atoms with Crippen molar-refractivity contribution in [1.82, 2.24) is 15.2 Å². The van der Waals surface area contributed by atoms with Crippen molar-refractivity contribution in [2.24, 2.45) is 0 Å². The van der Waals surface area contributed by atoms with Crippen molar-refractivity contribution in [3.63, 3.8) is 0 Å². The molecule has 19 heavy (non-hydrogen) atoms. The van der Waals surface area contributed by atoms with Crippen LogP contribution in [-0.4, -0.2) is 48.0 Å². The fourth-order valence-corrected chi connectivity index (χ4v) is 2.45. The molecule has 1 aromatic heterocycles. The van der Waals surface area contributed by atoms with Crippen molar-refractivity contribution in [3.05, 3.63) is 30.1 Å². The molecule has 3 heterocycles. The van der Waals surface area contributed by atoms with Gasteiger partial charge in [-0.15, -0.1) is 0 Å². The fraction of sp³-hybridized carbons (Fsp3) is 0.538. The minimum atomic E-state index is -0.548. The molecule has 0 aromatic carbocycles. The summed E-state index contributed by atoms with van der Waals surface area (Å²) in [5, 5.41) is 2.90. The van der Waals surface area contributed by atoms with E-state index in [0.717, 1.165) is 12.0 Å². The van der Waals surface area contributed by atoms with Crippen molar-refractivity contribution in [2.75, 3.05) is 26.3 Å². The average Bonchev–Trinajstić information content (AvgIpc) is 3.08. The van der Waals surface area contributed by atoms with Gasteiger partial charge in [0.15, 0.2) is 5.79 Å². The highest BCUT2D eigenvalue weighted by molar-refractivity contribution is 5.74. The van der Waals surface area contributed by atoms with E-state index in [2.05, 4.69) is 10.3 Å². The van der Waals surface area contributed by atoms with E-state index in [1.807, 2.05) is 12.1 Å². The van der Waals surface area contributed by atoms with Crippen LogP contribution in [-0.2, 0) is 16.0 Å². The third-order valence-electron chi connectivity index (χ3n) is 3.49. The number of carbonyl (C=O) groups excluding carboxylic acids is 1. The number of hydrogen-bond acceptors (Lipinski definition) is 4. The first-order valence-corrected chi connectivity index (χ1v) is 6.47. The minimum absolute atomic E-state index is 0.0761. The molecule has 6 nitrogen and oxygen atoms in total. The first-order chi connectivity index (χ1) is 9.27. The molecule has 2 fully saturated rings. The second-order valence-corrected chi connectivity index (χ2v) is 4.79. The summed E-state index contributed by atoms with van der Waals surface area (Å²) in [7, 11) is 0. The third kappa shape index (κ3) is 2.69. The van der Waals surface area contributed by atoms with Crippen LogP contribution in [0.4, 0.5) is 4.79 Å². The summed E-state index contributed by atoms with van der Waals surface area (Å²) >= 11 is 0. The second-order valence-electron chi connectivity index (χ2n) is 4.79. The average molecular weight is 263 g/mol. The van der Waals surface area contributed by atoms with E-state index in [-0.39, 0.29) is 6.03 Å². The van der Waals surface area contributed by atoms with E-state index >= 15 is 0 Å². The van der Waals surface area contributed by atoms with E-state index in [9.17, 15) is 4.79 Å². The van der Waals surface area contributed by atoms with Crippen LogP contribution in [0.1, 0.15) is 12.0 Å². The number of urea groups is 1. The highest BCUT2D eigenvalue weighted by Crippen LogP contribution is 2.30. The van der Waals surface area contributed by atoms with E-state index in [1.54, 1.807) is 17.3 Å². The molecule has 0 bridgehead atoms. The van der Waals surface area contributed by atoms with Crippen LogP contribution in [0.25, 0.3) is 0 Å². The van der Waals surface area contributed by atoms with Gasteiger partial charge in [-0.25, -0.2) is 4.79 Å². The Hall–Kier alpha value is -1.66. The monoisotopic (exact) mass is 263 g/mol. The Morgan fingerprint density at radius 3 is 2.84 bits per heavy atom. The zero-order chi connectivity index (χ0) is 13.1. The lowest BCUT2D eigenvalue weighted by atomic mass is 10.2. The maximum atomic E-state index is 12.0. The van der Waals surface area contributed by atoms with Gasteiger partial charge < -0.3 is 19.7 Å². The van der Waals surface area contributed by atoms with Crippen LogP contribution in [0.15, 0.2) is 24.5 Å². The minimum Gasteiger partial charge on any atom is -0.346 e. The van der Waals surface area contributed by atoms with Gasteiger partial charge in [0, 0.05) is 31.9 Å². The molecule has 1 N–H and O–H groups in total. The van der Waals surface area contributed by atoms with Crippen LogP contribution >= 0.6 is 0 Å². The van der Waals surface area contributed by atoms with E-state index in [0.29, 0.717) is 32.8 Å². The molecule has 2 saturated heterocycles. The lowest BCUT2D eigenvalue weighted by Crippen LogP contribution is -2.41. The Bertz CT molecular complexity index is 446. The van der Waals surface area contributed by atoms with Crippen molar-refractivity contribution in [2.45, 2.75) is 18.8 Å². The molecule has 1 aromatic rings. The molecule has 0 radical (unpaired) electrons. The molecule has 2 amide bonds. The predicted molar refractivity (Wildman–Crippen MR) is 67.3 cm³/mol. The van der Waals surface area contributed by atoms with Crippen LogP contribution in [0.3, 0.4) is 0 Å². The van der Waals surface area contributed by atoms with Gasteiger partial charge in [0.25, 0.3) is 0 Å². The van der Waals surface area contributed by atoms with Crippen LogP contribution < -0.4 is 5.32 Å². The Labute approximate surface area is 111 Å². The smallest absolute Gasteiger partial charge is 0.317 e. The molecule has 0 atom stereocenters. The predicted octanol–water partition coefficient (Wildman–Crippen LogP) is 0.740. The second kappa shape index (κ2) is 5.14. The number of ether oxygens (including phenoxy) is 2. The lowest BCUT2D eigenvalue weighted by Gasteiger charge is -2.22. The summed E-state index contributed by atoms with van der Waals surface area (Å²) in [4.78, 5) is 17.7. The summed E-state index contributed by atoms with van der Waals surface area (Å²) in [6.07, 6.45) is 4.18. The first-order valence-electron chi connectivity index (χ1n) is 6.47. The maximum Gasteiger partial charge on any atom is 0.317 e. The molecule has 6 heteroatoms. The van der Waals surface area contributed by atoms with Crippen LogP contribution in [0.2, 0.25) is 0 Å². The molecule has 0 aliphatic carbocycles. The molecule has 3 rings (SSSR count). The van der Waals surface area contributed by atoms with Gasteiger partial charge in [-0.1, -0.05) is 0 Å². The van der Waals surface area contributed by atoms with Gasteiger partial charge in [-0.3, -0.25) is 4.98 Å². The standard InChI is InChI=1S/C13H17N3O3/c17-12(15-9-11-1-4-14-5-2-11)16-6-3-13(10-16)18-7-8-19-13/h1-2,4-5H,3,6-10H2,(H,15,17). The van der Waals surface area contributed by atoms with Gasteiger partial charge in [0.2, 0.25) is 0 Å². The van der Waals surface area contributed by atoms with Gasteiger partial charge >= 0.3 is 6.03 Å². The lowest BCUT2D eigenvalue weighted by molar-refractivity contribution is -0.143. The normalized spacial score (nSPS) is 20.9. The quantitative estimate of drug-likeness (QED) is 0.855. The largest absolute Gasteiger partial charge is 0.346 e. The Kier molecular flexibility index (Phi) is 3.35. The Morgan fingerprint density at radius 1 is 1.37 bits per heavy atom. The number of nitrogens with zero attached hydrogens (tertiary/aromatic N) is 2. The zero-order valence-electron chi connectivity index (χ0n) is 10.7. The first kappa shape index (κ1) is 12.4. The third-order valence-corrected chi connectivity index (χ3v) is 3.49. The molecule has 2 aliphatic heterocycles. The van der Waals surface area contributed by atoms with E-state index < -0.39 is 5.79 Å². The molecular weight excluding hydrogens is 246 g/mol. The number of carbonyl (C=O) groups is 1. The van der Waals surface area contributed by atoms with Gasteiger partial charge in [0.1, 0.15) is 0 Å². The SMILES string of the molecule is O=C(NCc1ccncc1)N1CCC2(C1)OCCO2. The van der Waals surface area contributed by atoms with E-state index in [1.165, 1.54) is 0 Å². The number of hydrogen-bond donors (Lipinski definition) is 1.